The molecule has 1 saturated heterocycles. The Morgan fingerprint density at radius 1 is 1.11 bits per heavy atom. The van der Waals surface area contributed by atoms with Gasteiger partial charge in [-0.15, -0.1) is 11.3 Å². The van der Waals surface area contributed by atoms with E-state index in [0.717, 1.165) is 16.5 Å². The fourth-order valence-electron chi connectivity index (χ4n) is 5.43. The minimum absolute atomic E-state index is 0.0109. The van der Waals surface area contributed by atoms with Gasteiger partial charge in [0.1, 0.15) is 24.0 Å². The Morgan fingerprint density at radius 2 is 1.87 bits per heavy atom. The van der Waals surface area contributed by atoms with E-state index in [0.29, 0.717) is 23.7 Å². The Balaban J connectivity index is 1.37. The second kappa shape index (κ2) is 12.6. The van der Waals surface area contributed by atoms with E-state index in [-0.39, 0.29) is 60.5 Å². The Morgan fingerprint density at radius 3 is 2.60 bits per heavy atom. The summed E-state index contributed by atoms with van der Waals surface area (Å²) in [5, 5.41) is 0.408. The van der Waals surface area contributed by atoms with Crippen LogP contribution in [0, 0.1) is 5.82 Å². The highest BCUT2D eigenvalue weighted by Crippen LogP contribution is 2.32. The highest BCUT2D eigenvalue weighted by molar-refractivity contribution is 7.15. The Hall–Kier alpha value is -4.88. The van der Waals surface area contributed by atoms with Gasteiger partial charge in [-0.1, -0.05) is 36.4 Å². The number of fused-ring (bicyclic) bond motifs is 1. The molecule has 0 bridgehead atoms. The number of imidazole rings is 1. The second-order valence-electron chi connectivity index (χ2n) is 11.0. The molecular weight excluding hydrogens is 599 g/mol. The summed E-state index contributed by atoms with van der Waals surface area (Å²) >= 11 is 1.26. The Kier molecular flexibility index (Phi) is 8.46. The summed E-state index contributed by atoms with van der Waals surface area (Å²) in [6.45, 7) is 4.92. The number of nitrogens with zero attached hydrogens (tertiary/aromatic N) is 5. The first kappa shape index (κ1) is 30.2. The van der Waals surface area contributed by atoms with Crippen molar-refractivity contribution in [3.63, 3.8) is 0 Å². The summed E-state index contributed by atoms with van der Waals surface area (Å²) in [7, 11) is 0. The van der Waals surface area contributed by atoms with E-state index in [9.17, 15) is 18.8 Å². The van der Waals surface area contributed by atoms with Gasteiger partial charge in [-0.05, 0) is 37.1 Å². The molecule has 2 N–H and O–H groups in total. The van der Waals surface area contributed by atoms with Gasteiger partial charge in [0.05, 0.1) is 12.2 Å². The third-order valence-corrected chi connectivity index (χ3v) is 8.47. The van der Waals surface area contributed by atoms with Crippen molar-refractivity contribution < 1.29 is 23.5 Å². The minimum atomic E-state index is -0.734. The summed E-state index contributed by atoms with van der Waals surface area (Å²) in [5.74, 6) is -1.14. The molecule has 11 nitrogen and oxygen atoms in total. The van der Waals surface area contributed by atoms with Crippen molar-refractivity contribution in [2.75, 3.05) is 13.1 Å². The fraction of sp³-hybridized carbons (Fsp3) is 0.281. The summed E-state index contributed by atoms with van der Waals surface area (Å²) < 4.78 is 28.6. The van der Waals surface area contributed by atoms with Crippen LogP contribution in [0.1, 0.15) is 40.2 Å². The number of rotatable bonds is 9. The molecule has 2 amide bonds. The molecule has 0 spiro atoms. The molecule has 0 saturated carbocycles. The lowest BCUT2D eigenvalue weighted by Crippen LogP contribution is -2.49. The van der Waals surface area contributed by atoms with Crippen LogP contribution in [0.4, 0.5) is 4.39 Å². The number of hydrogen-bond acceptors (Lipinski definition) is 8. The minimum Gasteiger partial charge on any atom is -0.481 e. The number of hydrogen-bond donors (Lipinski definition) is 1. The molecular formula is C32H31FN6O5S. The lowest BCUT2D eigenvalue weighted by Gasteiger charge is -2.35. The lowest BCUT2D eigenvalue weighted by molar-refractivity contribution is -0.143. The van der Waals surface area contributed by atoms with Gasteiger partial charge in [0.25, 0.3) is 0 Å². The zero-order chi connectivity index (χ0) is 31.7. The Bertz CT molecular complexity index is 1930. The zero-order valence-corrected chi connectivity index (χ0v) is 25.5. The number of aromatic nitrogens is 4. The third kappa shape index (κ3) is 6.49. The molecule has 1 aliphatic heterocycles. The molecule has 4 heterocycles. The molecule has 5 aromatic rings. The van der Waals surface area contributed by atoms with Crippen molar-refractivity contribution in [3.05, 3.63) is 105 Å². The van der Waals surface area contributed by atoms with Crippen molar-refractivity contribution in [3.8, 4) is 16.5 Å². The average Bonchev–Trinajstić information content (AvgIpc) is 3.64. The Labute approximate surface area is 261 Å². The summed E-state index contributed by atoms with van der Waals surface area (Å²) in [6, 6.07) is 13.3. The number of benzene rings is 2. The molecule has 2 unspecified atom stereocenters. The lowest BCUT2D eigenvalue weighted by atomic mass is 10.0. The van der Waals surface area contributed by atoms with E-state index in [4.69, 9.17) is 20.2 Å². The summed E-state index contributed by atoms with van der Waals surface area (Å²) in [6.07, 6.45) is 4.93. The van der Waals surface area contributed by atoms with Crippen LogP contribution < -0.4 is 16.0 Å². The quantitative estimate of drug-likeness (QED) is 0.263. The molecule has 6 rings (SSSR count). The number of carbonyl (C=O) groups is 2. The van der Waals surface area contributed by atoms with Gasteiger partial charge in [0.15, 0.2) is 5.69 Å². The van der Waals surface area contributed by atoms with Crippen LogP contribution in [0.3, 0.4) is 0 Å². The van der Waals surface area contributed by atoms with Crippen LogP contribution in [-0.2, 0) is 29.1 Å². The molecule has 0 radical (unpaired) electrons. The smallest absolute Gasteiger partial charge is 0.302 e. The molecule has 13 heteroatoms. The predicted molar refractivity (Wildman–Crippen MR) is 166 cm³/mol. The van der Waals surface area contributed by atoms with Gasteiger partial charge in [-0.25, -0.2) is 18.8 Å². The van der Waals surface area contributed by atoms with E-state index in [1.165, 1.54) is 27.9 Å². The van der Waals surface area contributed by atoms with E-state index >= 15 is 0 Å². The SMILES string of the molecule is CC1CN(C(=O)Cn2ccn3c(=O)c(OCc4ccccc4)c(-c4ncc(Cc5ccc(F)cc5C(N)=O)s4)nc23)CC(C)O1. The number of primary amides is 1. The maximum Gasteiger partial charge on any atom is 0.302 e. The predicted octanol–water partition coefficient (Wildman–Crippen LogP) is 3.66. The van der Waals surface area contributed by atoms with Crippen molar-refractivity contribution in [2.45, 2.75) is 45.6 Å². The van der Waals surface area contributed by atoms with Gasteiger partial charge in [0, 0.05) is 48.5 Å². The first-order valence-electron chi connectivity index (χ1n) is 14.4. The van der Waals surface area contributed by atoms with E-state index < -0.39 is 17.3 Å². The third-order valence-electron chi connectivity index (χ3n) is 7.47. The first-order chi connectivity index (χ1) is 21.7. The monoisotopic (exact) mass is 630 g/mol. The highest BCUT2D eigenvalue weighted by atomic mass is 32.1. The van der Waals surface area contributed by atoms with E-state index in [1.54, 1.807) is 28.1 Å². The van der Waals surface area contributed by atoms with Crippen LogP contribution in [-0.4, -0.2) is 60.9 Å². The molecule has 232 valence electrons. The molecule has 1 fully saturated rings. The number of thiazole rings is 1. The van der Waals surface area contributed by atoms with E-state index in [2.05, 4.69) is 4.98 Å². The van der Waals surface area contributed by atoms with Gasteiger partial charge < -0.3 is 24.7 Å². The fourth-order valence-corrected chi connectivity index (χ4v) is 6.35. The maximum atomic E-state index is 13.8. The maximum absolute atomic E-state index is 13.8. The van der Waals surface area contributed by atoms with Gasteiger partial charge >= 0.3 is 5.56 Å². The number of morpholine rings is 1. The molecule has 2 atom stereocenters. The number of nitrogens with two attached hydrogens (primary N) is 1. The summed E-state index contributed by atoms with van der Waals surface area (Å²) in [4.78, 5) is 50.9. The van der Waals surface area contributed by atoms with Crippen LogP contribution >= 0.6 is 11.3 Å². The molecule has 2 aromatic carbocycles. The van der Waals surface area contributed by atoms with Crippen molar-refractivity contribution in [1.82, 2.24) is 23.8 Å². The average molecular weight is 631 g/mol. The number of ether oxygens (including phenoxy) is 2. The first-order valence-corrected chi connectivity index (χ1v) is 15.2. The highest BCUT2D eigenvalue weighted by Gasteiger charge is 2.27. The summed E-state index contributed by atoms with van der Waals surface area (Å²) in [5.41, 5.74) is 6.75. The zero-order valence-electron chi connectivity index (χ0n) is 24.7. The van der Waals surface area contributed by atoms with Crippen LogP contribution in [0.15, 0.2) is 71.9 Å². The standard InChI is InChI=1S/C32H31FN6O5S/c1-19-15-38(16-20(2)44-19)26(40)17-37-10-11-39-31(42)28(43-18-21-6-4-3-5-7-21)27(36-32(37)39)30-35-14-24(45-30)12-22-8-9-23(33)13-25(22)29(34)41/h3-11,13-14,19-20H,12,15-18H2,1-2H3,(H2,34,41). The topological polar surface area (TPSA) is 134 Å². The van der Waals surface area contributed by atoms with Crippen molar-refractivity contribution in [1.29, 1.82) is 0 Å². The normalized spacial score (nSPS) is 16.6. The largest absolute Gasteiger partial charge is 0.481 e. The van der Waals surface area contributed by atoms with Crippen LogP contribution in [0.2, 0.25) is 0 Å². The van der Waals surface area contributed by atoms with Gasteiger partial charge in [-0.3, -0.25) is 14.4 Å². The molecule has 3 aromatic heterocycles. The van der Waals surface area contributed by atoms with Crippen molar-refractivity contribution >= 4 is 28.9 Å². The van der Waals surface area contributed by atoms with E-state index in [1.807, 2.05) is 44.2 Å². The van der Waals surface area contributed by atoms with Crippen LogP contribution in [0.25, 0.3) is 16.5 Å². The van der Waals surface area contributed by atoms with Gasteiger partial charge in [0.2, 0.25) is 23.3 Å². The molecule has 1 aliphatic rings. The molecule has 0 aliphatic carbocycles. The number of halogens is 1. The van der Waals surface area contributed by atoms with Crippen LogP contribution in [0.5, 0.6) is 5.75 Å². The second-order valence-corrected chi connectivity index (χ2v) is 12.1. The number of carbonyl (C=O) groups excluding carboxylic acids is 2. The number of amides is 2. The molecule has 45 heavy (non-hydrogen) atoms. The van der Waals surface area contributed by atoms with Crippen molar-refractivity contribution in [2.24, 2.45) is 5.73 Å². The van der Waals surface area contributed by atoms with Gasteiger partial charge in [-0.2, -0.15) is 0 Å².